The first-order valence-corrected chi connectivity index (χ1v) is 6.36. The van der Waals surface area contributed by atoms with E-state index in [2.05, 4.69) is 21.2 Å². The van der Waals surface area contributed by atoms with Gasteiger partial charge in [-0.1, -0.05) is 12.1 Å². The summed E-state index contributed by atoms with van der Waals surface area (Å²) in [5, 5.41) is 2.67. The number of hydrogen-bond acceptors (Lipinski definition) is 1. The van der Waals surface area contributed by atoms with Gasteiger partial charge in [-0.15, -0.1) is 0 Å². The number of amides is 1. The molecule has 0 aliphatic carbocycles. The highest BCUT2D eigenvalue weighted by Crippen LogP contribution is 2.22. The molecule has 0 spiro atoms. The minimum absolute atomic E-state index is 0.205. The van der Waals surface area contributed by atoms with Crippen molar-refractivity contribution < 1.29 is 13.6 Å². The van der Waals surface area contributed by atoms with Gasteiger partial charge in [0.1, 0.15) is 5.69 Å². The molecule has 1 amide bonds. The highest BCUT2D eigenvalue weighted by atomic mass is 79.9. The van der Waals surface area contributed by atoms with Gasteiger partial charge in [-0.3, -0.25) is 4.79 Å². The van der Waals surface area contributed by atoms with Gasteiger partial charge in [0.15, 0.2) is 0 Å². The van der Waals surface area contributed by atoms with Gasteiger partial charge in [-0.2, -0.15) is 0 Å². The highest BCUT2D eigenvalue weighted by molar-refractivity contribution is 9.10. The zero-order chi connectivity index (χ0) is 13.8. The summed E-state index contributed by atoms with van der Waals surface area (Å²) in [6.07, 6.45) is -1.04. The van der Waals surface area contributed by atoms with Gasteiger partial charge in [-0.25, -0.2) is 8.78 Å². The second kappa shape index (κ2) is 5.97. The zero-order valence-electron chi connectivity index (χ0n) is 9.82. The Bertz CT molecular complexity index is 584. The van der Waals surface area contributed by atoms with Crippen molar-refractivity contribution in [3.8, 4) is 0 Å². The molecule has 0 saturated carbocycles. The van der Waals surface area contributed by atoms with E-state index in [4.69, 9.17) is 0 Å². The molecule has 2 aromatic rings. The third kappa shape index (κ3) is 3.41. The summed E-state index contributed by atoms with van der Waals surface area (Å²) < 4.78 is 26.7. The maximum atomic E-state index is 12.4. The number of nitrogens with zero attached hydrogens (tertiary/aromatic N) is 1. The number of benzene rings is 1. The first kappa shape index (κ1) is 13.7. The van der Waals surface area contributed by atoms with Crippen LogP contribution in [0.5, 0.6) is 0 Å². The van der Waals surface area contributed by atoms with Crippen molar-refractivity contribution in [2.75, 3.05) is 5.32 Å². The van der Waals surface area contributed by atoms with Gasteiger partial charge in [0, 0.05) is 10.7 Å². The van der Waals surface area contributed by atoms with Crippen molar-refractivity contribution in [3.05, 3.63) is 52.8 Å². The monoisotopic (exact) mass is 328 g/mol. The van der Waals surface area contributed by atoms with Crippen molar-refractivity contribution in [1.29, 1.82) is 0 Å². The number of nitrogens with one attached hydrogen (secondary N) is 1. The van der Waals surface area contributed by atoms with Crippen LogP contribution in [0.3, 0.4) is 0 Å². The van der Waals surface area contributed by atoms with Gasteiger partial charge < -0.3 is 9.88 Å². The van der Waals surface area contributed by atoms with E-state index >= 15 is 0 Å². The van der Waals surface area contributed by atoms with Crippen LogP contribution in [0, 0.1) is 0 Å². The number of carbonyl (C=O) groups is 1. The van der Waals surface area contributed by atoms with E-state index in [1.807, 2.05) is 6.07 Å². The number of anilines is 1. The smallest absolute Gasteiger partial charge is 0.272 e. The second-order valence-electron chi connectivity index (χ2n) is 3.87. The average molecular weight is 329 g/mol. The standard InChI is InChI=1S/C13H11BrF2N2O/c14-9-4-1-2-5-10(9)17-13(19)11-6-3-7-18(11)8-12(15)16/h1-7,12H,8H2,(H,17,19). The Kier molecular flexibility index (Phi) is 4.31. The molecule has 6 heteroatoms. The Balaban J connectivity index is 2.17. The first-order valence-electron chi connectivity index (χ1n) is 5.57. The lowest BCUT2D eigenvalue weighted by atomic mass is 10.3. The van der Waals surface area contributed by atoms with Crippen LogP contribution in [0.1, 0.15) is 10.5 Å². The summed E-state index contributed by atoms with van der Waals surface area (Å²) >= 11 is 3.31. The molecule has 1 heterocycles. The Morgan fingerprint density at radius 3 is 2.68 bits per heavy atom. The highest BCUT2D eigenvalue weighted by Gasteiger charge is 2.14. The molecule has 19 heavy (non-hydrogen) atoms. The van der Waals surface area contributed by atoms with E-state index in [1.165, 1.54) is 16.8 Å². The van der Waals surface area contributed by atoms with Crippen LogP contribution in [0.4, 0.5) is 14.5 Å². The number of aromatic nitrogens is 1. The van der Waals surface area contributed by atoms with Crippen molar-refractivity contribution in [2.45, 2.75) is 13.0 Å². The SMILES string of the molecule is O=C(Nc1ccccc1Br)c1cccn1CC(F)F. The maximum absolute atomic E-state index is 12.4. The van der Waals surface area contributed by atoms with Crippen molar-refractivity contribution in [2.24, 2.45) is 0 Å². The number of halogens is 3. The van der Waals surface area contributed by atoms with Gasteiger partial charge in [0.05, 0.1) is 12.2 Å². The molecule has 0 aliphatic heterocycles. The third-order valence-corrected chi connectivity index (χ3v) is 3.21. The molecule has 2 rings (SSSR count). The number of rotatable bonds is 4. The molecule has 0 fully saturated rings. The molecule has 1 aromatic heterocycles. The van der Waals surface area contributed by atoms with Crippen molar-refractivity contribution >= 4 is 27.5 Å². The van der Waals surface area contributed by atoms with Crippen LogP contribution in [0.2, 0.25) is 0 Å². The molecule has 3 nitrogen and oxygen atoms in total. The molecule has 0 saturated heterocycles. The van der Waals surface area contributed by atoms with Gasteiger partial charge >= 0.3 is 0 Å². The zero-order valence-corrected chi connectivity index (χ0v) is 11.4. The minimum Gasteiger partial charge on any atom is -0.338 e. The van der Waals surface area contributed by atoms with E-state index < -0.39 is 18.9 Å². The summed E-state index contributed by atoms with van der Waals surface area (Å²) in [6, 6.07) is 10.2. The van der Waals surface area contributed by atoms with Crippen LogP contribution < -0.4 is 5.32 Å². The van der Waals surface area contributed by atoms with Crippen LogP contribution in [-0.2, 0) is 6.54 Å². The first-order chi connectivity index (χ1) is 9.08. The largest absolute Gasteiger partial charge is 0.338 e. The summed E-state index contributed by atoms with van der Waals surface area (Å²) in [6.45, 7) is -0.494. The molecule has 0 unspecified atom stereocenters. The second-order valence-corrected chi connectivity index (χ2v) is 4.73. The lowest BCUT2D eigenvalue weighted by molar-refractivity contribution is 0.0997. The Hall–Kier alpha value is -1.69. The Morgan fingerprint density at radius 1 is 1.26 bits per heavy atom. The summed E-state index contributed by atoms with van der Waals surface area (Å²) in [5.74, 6) is -0.419. The molecule has 100 valence electrons. The van der Waals surface area contributed by atoms with E-state index in [1.54, 1.807) is 24.3 Å². The van der Waals surface area contributed by atoms with E-state index in [0.717, 1.165) is 4.47 Å². The average Bonchev–Trinajstić information content (AvgIpc) is 2.79. The molecular formula is C13H11BrF2N2O. The number of para-hydroxylation sites is 1. The van der Waals surface area contributed by atoms with Crippen LogP contribution in [-0.4, -0.2) is 16.9 Å². The van der Waals surface area contributed by atoms with E-state index in [9.17, 15) is 13.6 Å². The fourth-order valence-corrected chi connectivity index (χ4v) is 2.06. The van der Waals surface area contributed by atoms with Crippen molar-refractivity contribution in [1.82, 2.24) is 4.57 Å². The number of carbonyl (C=O) groups excluding carboxylic acids is 1. The van der Waals surface area contributed by atoms with Crippen LogP contribution >= 0.6 is 15.9 Å². The lowest BCUT2D eigenvalue weighted by Gasteiger charge is -2.10. The minimum atomic E-state index is -2.50. The Morgan fingerprint density at radius 2 is 2.00 bits per heavy atom. The van der Waals surface area contributed by atoms with Gasteiger partial charge in [0.25, 0.3) is 12.3 Å². The quantitative estimate of drug-likeness (QED) is 0.910. The number of hydrogen-bond donors (Lipinski definition) is 1. The molecule has 1 N–H and O–H groups in total. The molecule has 0 bridgehead atoms. The Labute approximate surface area is 117 Å². The fraction of sp³-hybridized carbons (Fsp3) is 0.154. The van der Waals surface area contributed by atoms with Gasteiger partial charge in [-0.05, 0) is 40.2 Å². The van der Waals surface area contributed by atoms with Crippen LogP contribution in [0.15, 0.2) is 47.1 Å². The summed E-state index contributed by atoms with van der Waals surface area (Å²) in [5.41, 5.74) is 0.799. The molecule has 0 radical (unpaired) electrons. The van der Waals surface area contributed by atoms with E-state index in [0.29, 0.717) is 5.69 Å². The molecular weight excluding hydrogens is 318 g/mol. The van der Waals surface area contributed by atoms with E-state index in [-0.39, 0.29) is 5.69 Å². The van der Waals surface area contributed by atoms with Crippen molar-refractivity contribution in [3.63, 3.8) is 0 Å². The number of alkyl halides is 2. The molecule has 0 atom stereocenters. The fourth-order valence-electron chi connectivity index (χ4n) is 1.68. The third-order valence-electron chi connectivity index (χ3n) is 2.52. The van der Waals surface area contributed by atoms with Gasteiger partial charge in [0.2, 0.25) is 0 Å². The molecule has 1 aromatic carbocycles. The maximum Gasteiger partial charge on any atom is 0.272 e. The normalized spacial score (nSPS) is 10.7. The summed E-state index contributed by atoms with van der Waals surface area (Å²) in [7, 11) is 0. The summed E-state index contributed by atoms with van der Waals surface area (Å²) in [4.78, 5) is 12.0. The predicted octanol–water partition coefficient (Wildman–Crippen LogP) is 3.77. The lowest BCUT2D eigenvalue weighted by Crippen LogP contribution is -2.19. The van der Waals surface area contributed by atoms with Crippen LogP contribution in [0.25, 0.3) is 0 Å². The molecule has 0 aliphatic rings. The topological polar surface area (TPSA) is 34.0 Å². The predicted molar refractivity (Wildman–Crippen MR) is 72.5 cm³/mol.